The second-order valence-electron chi connectivity index (χ2n) is 3.94. The summed E-state index contributed by atoms with van der Waals surface area (Å²) in [5, 5.41) is 11.0. The second kappa shape index (κ2) is 5.98. The average molecular weight is 341 g/mol. The van der Waals surface area contributed by atoms with Gasteiger partial charge < -0.3 is 10.5 Å². The molecule has 20 heavy (non-hydrogen) atoms. The first-order chi connectivity index (χ1) is 9.51. The molecule has 2 aromatic carbocycles. The van der Waals surface area contributed by atoms with Crippen LogP contribution < -0.4 is 10.5 Å². The lowest BCUT2D eigenvalue weighted by Gasteiger charge is -2.08. The van der Waals surface area contributed by atoms with Crippen LogP contribution in [0.3, 0.4) is 0 Å². The Hall–Kier alpha value is -1.99. The zero-order valence-electron chi connectivity index (χ0n) is 10.2. The number of nitrogens with zero attached hydrogens (tertiary/aromatic N) is 1. The Morgan fingerprint density at radius 3 is 2.75 bits per heavy atom. The van der Waals surface area contributed by atoms with Crippen LogP contribution in [0.5, 0.6) is 11.5 Å². The summed E-state index contributed by atoms with van der Waals surface area (Å²) in [6.45, 7) is 0.313. The number of hydrogen-bond donors (Lipinski definition) is 1. The van der Waals surface area contributed by atoms with Crippen LogP contribution in [0.4, 0.5) is 10.1 Å². The minimum atomic E-state index is -0.638. The lowest BCUT2D eigenvalue weighted by atomic mass is 10.2. The molecule has 7 heteroatoms. The number of nitrogens with two attached hydrogens (primary N) is 1. The predicted molar refractivity (Wildman–Crippen MR) is 75.2 cm³/mol. The first-order valence-electron chi connectivity index (χ1n) is 5.61. The number of ether oxygens (including phenoxy) is 1. The molecule has 0 unspecified atom stereocenters. The summed E-state index contributed by atoms with van der Waals surface area (Å²) >= 11 is 2.91. The number of nitro groups is 1. The van der Waals surface area contributed by atoms with Crippen molar-refractivity contribution in [3.63, 3.8) is 0 Å². The fourth-order valence-electron chi connectivity index (χ4n) is 1.61. The standard InChI is InChI=1S/C13H10BrFN2O3/c14-10-5-12(17(18)19)13(6-11(10)15)20-9-3-1-2-8(4-9)7-16/h1-6H,7,16H2. The van der Waals surface area contributed by atoms with Crippen LogP contribution in [0.25, 0.3) is 0 Å². The number of benzene rings is 2. The molecule has 2 N–H and O–H groups in total. The van der Waals surface area contributed by atoms with E-state index in [0.29, 0.717) is 12.3 Å². The minimum Gasteiger partial charge on any atom is -0.450 e. The van der Waals surface area contributed by atoms with Gasteiger partial charge in [0.1, 0.15) is 11.6 Å². The van der Waals surface area contributed by atoms with E-state index in [0.717, 1.165) is 17.7 Å². The average Bonchev–Trinajstić information content (AvgIpc) is 2.42. The third-order valence-electron chi connectivity index (χ3n) is 2.56. The molecule has 0 radical (unpaired) electrons. The summed E-state index contributed by atoms with van der Waals surface area (Å²) < 4.78 is 18.9. The van der Waals surface area contributed by atoms with Gasteiger partial charge in [0.05, 0.1) is 9.40 Å². The van der Waals surface area contributed by atoms with Gasteiger partial charge in [-0.25, -0.2) is 4.39 Å². The number of halogens is 2. The molecular formula is C13H10BrFN2O3. The van der Waals surface area contributed by atoms with Gasteiger partial charge in [-0.05, 0) is 33.6 Å². The van der Waals surface area contributed by atoms with Crippen molar-refractivity contribution in [1.82, 2.24) is 0 Å². The summed E-state index contributed by atoms with van der Waals surface area (Å²) in [4.78, 5) is 10.3. The number of hydrogen-bond acceptors (Lipinski definition) is 4. The van der Waals surface area contributed by atoms with Crippen molar-refractivity contribution in [2.45, 2.75) is 6.54 Å². The van der Waals surface area contributed by atoms with Crippen LogP contribution in [-0.4, -0.2) is 4.92 Å². The SMILES string of the molecule is NCc1cccc(Oc2cc(F)c(Br)cc2[N+](=O)[O-])c1. The van der Waals surface area contributed by atoms with Crippen molar-refractivity contribution in [1.29, 1.82) is 0 Å². The van der Waals surface area contributed by atoms with Crippen molar-refractivity contribution in [2.24, 2.45) is 5.73 Å². The Morgan fingerprint density at radius 2 is 2.10 bits per heavy atom. The topological polar surface area (TPSA) is 78.4 Å². The van der Waals surface area contributed by atoms with E-state index in [-0.39, 0.29) is 15.9 Å². The highest BCUT2D eigenvalue weighted by molar-refractivity contribution is 9.10. The molecule has 0 spiro atoms. The lowest BCUT2D eigenvalue weighted by Crippen LogP contribution is -1.98. The summed E-state index contributed by atoms with van der Waals surface area (Å²) in [6, 6.07) is 8.79. The van der Waals surface area contributed by atoms with E-state index in [1.807, 2.05) is 0 Å². The normalized spacial score (nSPS) is 10.3. The van der Waals surface area contributed by atoms with E-state index in [2.05, 4.69) is 15.9 Å². The summed E-state index contributed by atoms with van der Waals surface area (Å²) in [5.41, 5.74) is 5.99. The van der Waals surface area contributed by atoms with E-state index in [4.69, 9.17) is 10.5 Å². The Morgan fingerprint density at radius 1 is 1.35 bits per heavy atom. The minimum absolute atomic E-state index is 0.00672. The molecule has 0 atom stereocenters. The zero-order chi connectivity index (χ0) is 14.7. The molecule has 0 amide bonds. The van der Waals surface area contributed by atoms with Crippen molar-refractivity contribution in [3.8, 4) is 11.5 Å². The van der Waals surface area contributed by atoms with Gasteiger partial charge in [-0.3, -0.25) is 10.1 Å². The molecule has 0 aromatic heterocycles. The van der Waals surface area contributed by atoms with Crippen LogP contribution in [0, 0.1) is 15.9 Å². The van der Waals surface area contributed by atoms with Crippen LogP contribution in [-0.2, 0) is 6.54 Å². The predicted octanol–water partition coefficient (Wildman–Crippen LogP) is 3.75. The quantitative estimate of drug-likeness (QED) is 0.679. The molecule has 0 saturated carbocycles. The maximum Gasteiger partial charge on any atom is 0.312 e. The molecule has 0 aliphatic carbocycles. The van der Waals surface area contributed by atoms with E-state index in [9.17, 15) is 14.5 Å². The zero-order valence-corrected chi connectivity index (χ0v) is 11.8. The molecule has 2 rings (SSSR count). The highest BCUT2D eigenvalue weighted by atomic mass is 79.9. The van der Waals surface area contributed by atoms with Gasteiger partial charge in [0.2, 0.25) is 5.75 Å². The highest BCUT2D eigenvalue weighted by Crippen LogP contribution is 2.35. The van der Waals surface area contributed by atoms with Crippen LogP contribution in [0.2, 0.25) is 0 Å². The molecule has 5 nitrogen and oxygen atoms in total. The van der Waals surface area contributed by atoms with Crippen LogP contribution in [0.15, 0.2) is 40.9 Å². The summed E-state index contributed by atoms with van der Waals surface area (Å²) in [5.74, 6) is -0.441. The number of nitro benzene ring substituents is 1. The molecule has 0 aliphatic rings. The molecule has 0 saturated heterocycles. The van der Waals surface area contributed by atoms with Crippen molar-refractivity contribution in [2.75, 3.05) is 0 Å². The third kappa shape index (κ3) is 3.12. The maximum absolute atomic E-state index is 13.5. The summed E-state index contributed by atoms with van der Waals surface area (Å²) in [7, 11) is 0. The molecule has 0 bridgehead atoms. The van der Waals surface area contributed by atoms with E-state index in [1.54, 1.807) is 24.3 Å². The maximum atomic E-state index is 13.5. The van der Waals surface area contributed by atoms with E-state index >= 15 is 0 Å². The Bertz CT molecular complexity index is 664. The Kier molecular flexibility index (Phi) is 4.31. The van der Waals surface area contributed by atoms with Crippen molar-refractivity contribution in [3.05, 3.63) is 62.4 Å². The van der Waals surface area contributed by atoms with Gasteiger partial charge in [-0.2, -0.15) is 0 Å². The fourth-order valence-corrected chi connectivity index (χ4v) is 1.94. The van der Waals surface area contributed by atoms with Gasteiger partial charge in [-0.1, -0.05) is 12.1 Å². The van der Waals surface area contributed by atoms with Crippen molar-refractivity contribution >= 4 is 21.6 Å². The highest BCUT2D eigenvalue weighted by Gasteiger charge is 2.19. The molecule has 2 aromatic rings. The molecule has 0 aliphatic heterocycles. The van der Waals surface area contributed by atoms with E-state index in [1.165, 1.54) is 0 Å². The summed E-state index contributed by atoms with van der Waals surface area (Å²) in [6.07, 6.45) is 0. The van der Waals surface area contributed by atoms with Crippen LogP contribution in [0.1, 0.15) is 5.56 Å². The molecule has 104 valence electrons. The van der Waals surface area contributed by atoms with Crippen molar-refractivity contribution < 1.29 is 14.1 Å². The van der Waals surface area contributed by atoms with Gasteiger partial charge in [0.15, 0.2) is 0 Å². The molecule has 0 fully saturated rings. The van der Waals surface area contributed by atoms with E-state index < -0.39 is 10.7 Å². The largest absolute Gasteiger partial charge is 0.450 e. The monoisotopic (exact) mass is 340 g/mol. The fraction of sp³-hybridized carbons (Fsp3) is 0.0769. The second-order valence-corrected chi connectivity index (χ2v) is 4.80. The Balaban J connectivity index is 2.41. The van der Waals surface area contributed by atoms with Gasteiger partial charge in [0, 0.05) is 18.7 Å². The molecular weight excluding hydrogens is 331 g/mol. The van der Waals surface area contributed by atoms with Gasteiger partial charge in [-0.15, -0.1) is 0 Å². The first kappa shape index (κ1) is 14.4. The lowest BCUT2D eigenvalue weighted by molar-refractivity contribution is -0.385. The van der Waals surface area contributed by atoms with Crippen LogP contribution >= 0.6 is 15.9 Å². The van der Waals surface area contributed by atoms with Gasteiger partial charge in [0.25, 0.3) is 0 Å². The first-order valence-corrected chi connectivity index (χ1v) is 6.41. The number of rotatable bonds is 4. The Labute approximate surface area is 122 Å². The molecule has 0 heterocycles. The smallest absolute Gasteiger partial charge is 0.312 e. The third-order valence-corrected chi connectivity index (χ3v) is 3.17. The van der Waals surface area contributed by atoms with Gasteiger partial charge >= 0.3 is 5.69 Å².